The second kappa shape index (κ2) is 9.55. The van der Waals surface area contributed by atoms with Gasteiger partial charge in [0.25, 0.3) is 5.91 Å². The zero-order valence-corrected chi connectivity index (χ0v) is 17.8. The quantitative estimate of drug-likeness (QED) is 0.579. The third kappa shape index (κ3) is 7.22. The molecule has 0 radical (unpaired) electrons. The first kappa shape index (κ1) is 23.5. The Balaban J connectivity index is 1.77. The average Bonchev–Trinajstić information content (AvgIpc) is 3.54. The molecule has 1 fully saturated rings. The molecule has 0 bridgehead atoms. The van der Waals surface area contributed by atoms with Gasteiger partial charge in [-0.3, -0.25) is 4.79 Å². The zero-order valence-electron chi connectivity index (χ0n) is 17.0. The number of nitrogens with zero attached hydrogens (tertiary/aromatic N) is 2. The number of halogens is 3. The van der Waals surface area contributed by atoms with E-state index in [9.17, 15) is 26.4 Å². The van der Waals surface area contributed by atoms with E-state index in [1.807, 2.05) is 0 Å². The highest BCUT2D eigenvalue weighted by Crippen LogP contribution is 2.38. The van der Waals surface area contributed by atoms with Crippen molar-refractivity contribution in [2.75, 3.05) is 18.1 Å². The molecule has 32 heavy (non-hydrogen) atoms. The minimum absolute atomic E-state index is 0.0437. The molecule has 1 aromatic carbocycles. The SMILES string of the molecule is CS(=O)(=O)/C=C/CNC(=O)c1cnc(C2CC2)nc1NCc1ccccc1OC(F)(F)F. The minimum Gasteiger partial charge on any atom is -0.405 e. The van der Waals surface area contributed by atoms with Gasteiger partial charge in [0.15, 0.2) is 9.84 Å². The Kier molecular flexibility index (Phi) is 7.02. The van der Waals surface area contributed by atoms with E-state index in [1.54, 1.807) is 6.07 Å². The van der Waals surface area contributed by atoms with E-state index in [-0.39, 0.29) is 41.7 Å². The number of ether oxygens (including phenoxy) is 1. The Labute approximate surface area is 182 Å². The summed E-state index contributed by atoms with van der Waals surface area (Å²) >= 11 is 0. The first-order valence-electron chi connectivity index (χ1n) is 9.61. The summed E-state index contributed by atoms with van der Waals surface area (Å²) in [7, 11) is -3.32. The van der Waals surface area contributed by atoms with Crippen LogP contribution in [-0.4, -0.2) is 43.5 Å². The van der Waals surface area contributed by atoms with Gasteiger partial charge in [0.2, 0.25) is 0 Å². The van der Waals surface area contributed by atoms with Crippen molar-refractivity contribution >= 4 is 21.6 Å². The van der Waals surface area contributed by atoms with Gasteiger partial charge in [-0.1, -0.05) is 24.3 Å². The topological polar surface area (TPSA) is 110 Å². The highest BCUT2D eigenvalue weighted by molar-refractivity contribution is 7.93. The molecule has 1 heterocycles. The van der Waals surface area contributed by atoms with Gasteiger partial charge in [-0.25, -0.2) is 18.4 Å². The molecule has 0 saturated heterocycles. The summed E-state index contributed by atoms with van der Waals surface area (Å²) in [6.45, 7) is -0.125. The van der Waals surface area contributed by atoms with Gasteiger partial charge in [-0.15, -0.1) is 13.2 Å². The molecule has 0 aliphatic heterocycles. The number of sulfone groups is 1. The first-order valence-corrected chi connectivity index (χ1v) is 11.6. The Morgan fingerprint density at radius 3 is 2.66 bits per heavy atom. The summed E-state index contributed by atoms with van der Waals surface area (Å²) in [5.74, 6) is -0.0333. The number of carbonyl (C=O) groups is 1. The molecule has 8 nitrogen and oxygen atoms in total. The van der Waals surface area contributed by atoms with Gasteiger partial charge in [-0.05, 0) is 18.9 Å². The fourth-order valence-corrected chi connectivity index (χ4v) is 3.20. The molecule has 1 aromatic heterocycles. The molecule has 12 heteroatoms. The van der Waals surface area contributed by atoms with E-state index in [0.717, 1.165) is 24.5 Å². The number of aromatic nitrogens is 2. The highest BCUT2D eigenvalue weighted by atomic mass is 32.2. The molecule has 0 unspecified atom stereocenters. The van der Waals surface area contributed by atoms with Crippen LogP contribution in [0.5, 0.6) is 5.75 Å². The number of amides is 1. The summed E-state index contributed by atoms with van der Waals surface area (Å²) in [6, 6.07) is 5.65. The Bertz CT molecular complexity index is 1120. The number of alkyl halides is 3. The van der Waals surface area contributed by atoms with E-state index in [2.05, 4.69) is 25.3 Å². The average molecular weight is 470 g/mol. The fraction of sp³-hybridized carbons (Fsp3) is 0.350. The van der Waals surface area contributed by atoms with Crippen molar-refractivity contribution in [1.29, 1.82) is 0 Å². The summed E-state index contributed by atoms with van der Waals surface area (Å²) in [5, 5.41) is 6.40. The van der Waals surface area contributed by atoms with Crippen molar-refractivity contribution in [3.63, 3.8) is 0 Å². The molecule has 1 aliphatic carbocycles. The number of rotatable bonds is 9. The highest BCUT2D eigenvalue weighted by Gasteiger charge is 2.32. The number of nitrogens with one attached hydrogen (secondary N) is 2. The smallest absolute Gasteiger partial charge is 0.405 e. The lowest BCUT2D eigenvalue weighted by molar-refractivity contribution is -0.274. The van der Waals surface area contributed by atoms with Crippen LogP contribution in [0.3, 0.4) is 0 Å². The lowest BCUT2D eigenvalue weighted by atomic mass is 10.2. The molecule has 1 aliphatic rings. The van der Waals surface area contributed by atoms with Gasteiger partial charge < -0.3 is 15.4 Å². The third-order valence-electron chi connectivity index (χ3n) is 4.36. The van der Waals surface area contributed by atoms with Crippen LogP contribution in [-0.2, 0) is 16.4 Å². The summed E-state index contributed by atoms with van der Waals surface area (Å²) in [6.07, 6.45) is 0.654. The molecular weight excluding hydrogens is 449 g/mol. The maximum Gasteiger partial charge on any atom is 0.573 e. The molecular formula is C20H21F3N4O4S. The first-order chi connectivity index (χ1) is 15.0. The van der Waals surface area contributed by atoms with E-state index in [0.29, 0.717) is 5.82 Å². The number of hydrogen-bond acceptors (Lipinski definition) is 7. The van der Waals surface area contributed by atoms with Crippen molar-refractivity contribution in [1.82, 2.24) is 15.3 Å². The van der Waals surface area contributed by atoms with Crippen molar-refractivity contribution in [2.45, 2.75) is 31.7 Å². The maximum atomic E-state index is 12.7. The lowest BCUT2D eigenvalue weighted by Crippen LogP contribution is -2.25. The second-order valence-corrected chi connectivity index (χ2v) is 9.12. The molecule has 172 valence electrons. The number of carbonyl (C=O) groups excluding carboxylic acids is 1. The number of anilines is 1. The lowest BCUT2D eigenvalue weighted by Gasteiger charge is -2.15. The Hall–Kier alpha value is -3.15. The molecule has 1 amide bonds. The number of hydrogen-bond donors (Lipinski definition) is 2. The minimum atomic E-state index is -4.84. The third-order valence-corrected chi connectivity index (χ3v) is 5.05. The largest absolute Gasteiger partial charge is 0.573 e. The zero-order chi connectivity index (χ0) is 23.4. The molecule has 0 spiro atoms. The number of benzene rings is 1. The molecule has 0 atom stereocenters. The van der Waals surface area contributed by atoms with Crippen molar-refractivity contribution in [3.8, 4) is 5.75 Å². The van der Waals surface area contributed by atoms with Crippen LogP contribution < -0.4 is 15.4 Å². The van der Waals surface area contributed by atoms with Crippen LogP contribution in [0.1, 0.15) is 40.5 Å². The van der Waals surface area contributed by atoms with Gasteiger partial charge in [0.05, 0.1) is 0 Å². The van der Waals surface area contributed by atoms with Gasteiger partial charge in [0.1, 0.15) is 23.0 Å². The van der Waals surface area contributed by atoms with E-state index in [4.69, 9.17) is 0 Å². The van der Waals surface area contributed by atoms with Crippen LogP contribution in [0.25, 0.3) is 0 Å². The monoisotopic (exact) mass is 470 g/mol. The summed E-state index contributed by atoms with van der Waals surface area (Å²) in [4.78, 5) is 21.2. The Morgan fingerprint density at radius 1 is 1.28 bits per heavy atom. The van der Waals surface area contributed by atoms with Crippen LogP contribution in [0.15, 0.2) is 41.9 Å². The molecule has 1 saturated carbocycles. The molecule has 2 N–H and O–H groups in total. The van der Waals surface area contributed by atoms with E-state index >= 15 is 0 Å². The molecule has 2 aromatic rings. The van der Waals surface area contributed by atoms with Crippen LogP contribution in [0, 0.1) is 0 Å². The fourth-order valence-electron chi connectivity index (χ4n) is 2.76. The normalized spacial score (nSPS) is 14.4. The van der Waals surface area contributed by atoms with Gasteiger partial charge in [0, 0.05) is 42.4 Å². The van der Waals surface area contributed by atoms with Crippen molar-refractivity contribution in [2.24, 2.45) is 0 Å². The van der Waals surface area contributed by atoms with Crippen LogP contribution in [0.2, 0.25) is 0 Å². The van der Waals surface area contributed by atoms with Crippen molar-refractivity contribution < 1.29 is 31.1 Å². The summed E-state index contributed by atoms with van der Waals surface area (Å²) in [5.41, 5.74) is 0.301. The van der Waals surface area contributed by atoms with Crippen LogP contribution >= 0.6 is 0 Å². The van der Waals surface area contributed by atoms with Gasteiger partial charge in [-0.2, -0.15) is 0 Å². The van der Waals surface area contributed by atoms with Gasteiger partial charge >= 0.3 is 6.36 Å². The second-order valence-electron chi connectivity index (χ2n) is 7.19. The van der Waals surface area contributed by atoms with E-state index < -0.39 is 22.1 Å². The van der Waals surface area contributed by atoms with E-state index in [1.165, 1.54) is 30.5 Å². The summed E-state index contributed by atoms with van der Waals surface area (Å²) < 4.78 is 64.3. The van der Waals surface area contributed by atoms with Crippen molar-refractivity contribution in [3.05, 3.63) is 58.9 Å². The van der Waals surface area contributed by atoms with Crippen LogP contribution in [0.4, 0.5) is 19.0 Å². The predicted octanol–water partition coefficient (Wildman–Crippen LogP) is 3.15. The standard InChI is InChI=1S/C20H21F3N4O4S/c1-32(29,30)10-4-9-24-19(28)15-12-26-17(13-7-8-13)27-18(15)25-11-14-5-2-3-6-16(14)31-20(21,22)23/h2-6,10,12-13H,7-9,11H2,1H3,(H,24,28)(H,25,26,27)/b10-4+. The molecule has 3 rings (SSSR count). The predicted molar refractivity (Wildman–Crippen MR) is 111 cm³/mol. The number of para-hydroxylation sites is 1. The maximum absolute atomic E-state index is 12.7. The Morgan fingerprint density at radius 2 is 2.00 bits per heavy atom.